The number of aliphatic hydroxyl groups excluding tert-OH is 1. The lowest BCUT2D eigenvalue weighted by atomic mass is 9.44. The van der Waals surface area contributed by atoms with Gasteiger partial charge in [0.25, 0.3) is 0 Å². The van der Waals surface area contributed by atoms with Crippen molar-refractivity contribution in [3.8, 4) is 0 Å². The minimum atomic E-state index is -1.46. The number of aldehydes is 1. The van der Waals surface area contributed by atoms with Crippen molar-refractivity contribution in [2.75, 3.05) is 13.2 Å². The Morgan fingerprint density at radius 2 is 2.10 bits per heavy atom. The number of rotatable bonds is 3. The fraction of sp³-hybridized carbons (Fsp3) is 0.727. The molecule has 0 aromatic carbocycles. The molecule has 2 bridgehead atoms. The van der Waals surface area contributed by atoms with Gasteiger partial charge in [0, 0.05) is 29.6 Å². The first-order valence-corrected chi connectivity index (χ1v) is 10.3. The summed E-state index contributed by atoms with van der Waals surface area (Å²) in [6.45, 7) is 7.16. The first kappa shape index (κ1) is 20.3. The molecule has 1 heterocycles. The first-order valence-electron chi connectivity index (χ1n) is 10.3. The zero-order valence-electron chi connectivity index (χ0n) is 16.9. The minimum absolute atomic E-state index is 0.0151. The van der Waals surface area contributed by atoms with E-state index in [0.29, 0.717) is 31.3 Å². The molecule has 7 atom stereocenters. The van der Waals surface area contributed by atoms with E-state index in [-0.39, 0.29) is 24.9 Å². The molecule has 0 amide bonds. The van der Waals surface area contributed by atoms with Gasteiger partial charge in [-0.1, -0.05) is 19.9 Å². The largest absolute Gasteiger partial charge is 0.465 e. The van der Waals surface area contributed by atoms with Gasteiger partial charge >= 0.3 is 11.9 Å². The van der Waals surface area contributed by atoms with Crippen LogP contribution in [0.5, 0.6) is 0 Å². The fourth-order valence-corrected chi connectivity index (χ4v) is 6.99. The highest BCUT2D eigenvalue weighted by Gasteiger charge is 2.74. The Kier molecular flexibility index (Phi) is 4.53. The predicted molar refractivity (Wildman–Crippen MR) is 100 cm³/mol. The van der Waals surface area contributed by atoms with Gasteiger partial charge in [0.15, 0.2) is 5.78 Å². The maximum absolute atomic E-state index is 13.2. The number of ketones is 1. The lowest BCUT2D eigenvalue weighted by Gasteiger charge is -2.61. The molecule has 158 valence electrons. The number of aliphatic hydroxyl groups is 1. The van der Waals surface area contributed by atoms with Crippen molar-refractivity contribution >= 4 is 24.0 Å². The van der Waals surface area contributed by atoms with E-state index in [4.69, 9.17) is 9.47 Å². The van der Waals surface area contributed by atoms with Gasteiger partial charge < -0.3 is 19.4 Å². The Morgan fingerprint density at radius 3 is 2.76 bits per heavy atom. The Hall–Kier alpha value is -2.02. The number of allylic oxidation sites excluding steroid dienone is 1. The summed E-state index contributed by atoms with van der Waals surface area (Å²) >= 11 is 0. The van der Waals surface area contributed by atoms with Crippen molar-refractivity contribution in [1.29, 1.82) is 0 Å². The highest BCUT2D eigenvalue weighted by Crippen LogP contribution is 2.67. The van der Waals surface area contributed by atoms with Crippen molar-refractivity contribution < 1.29 is 33.8 Å². The molecule has 29 heavy (non-hydrogen) atoms. The maximum Gasteiger partial charge on any atom is 0.320 e. The number of esters is 2. The topological polar surface area (TPSA) is 107 Å². The van der Waals surface area contributed by atoms with Crippen LogP contribution in [0.4, 0.5) is 0 Å². The van der Waals surface area contributed by atoms with Crippen molar-refractivity contribution in [2.45, 2.75) is 52.1 Å². The molecule has 1 aliphatic heterocycles. The summed E-state index contributed by atoms with van der Waals surface area (Å²) in [4.78, 5) is 50.0. The van der Waals surface area contributed by atoms with Gasteiger partial charge in [-0.25, -0.2) is 0 Å². The van der Waals surface area contributed by atoms with Gasteiger partial charge in [-0.3, -0.25) is 14.4 Å². The summed E-state index contributed by atoms with van der Waals surface area (Å²) in [5, 5.41) is 11.2. The van der Waals surface area contributed by atoms with Crippen LogP contribution in [-0.4, -0.2) is 48.4 Å². The molecule has 2 unspecified atom stereocenters. The highest BCUT2D eigenvalue weighted by molar-refractivity contribution is 6.15. The predicted octanol–water partition coefficient (Wildman–Crippen LogP) is 1.61. The molecule has 3 saturated carbocycles. The minimum Gasteiger partial charge on any atom is -0.465 e. The molecule has 3 aliphatic carbocycles. The number of carbonyl (C=O) groups excluding carboxylic acids is 4. The van der Waals surface area contributed by atoms with Crippen molar-refractivity contribution in [3.63, 3.8) is 0 Å². The molecule has 0 aromatic heterocycles. The van der Waals surface area contributed by atoms with Crippen LogP contribution in [0.3, 0.4) is 0 Å². The summed E-state index contributed by atoms with van der Waals surface area (Å²) in [5.41, 5.74) is -2.61. The summed E-state index contributed by atoms with van der Waals surface area (Å²) in [7, 11) is 0. The molecule has 4 fully saturated rings. The second-order valence-electron chi connectivity index (χ2n) is 9.72. The van der Waals surface area contributed by atoms with E-state index < -0.39 is 46.1 Å². The third-order valence-corrected chi connectivity index (χ3v) is 8.16. The van der Waals surface area contributed by atoms with E-state index in [0.717, 1.165) is 12.7 Å². The van der Waals surface area contributed by atoms with Gasteiger partial charge in [0.2, 0.25) is 0 Å². The second-order valence-corrected chi connectivity index (χ2v) is 9.72. The Morgan fingerprint density at radius 1 is 1.38 bits per heavy atom. The fourth-order valence-electron chi connectivity index (χ4n) is 6.99. The lowest BCUT2D eigenvalue weighted by molar-refractivity contribution is -0.229. The normalized spacial score (nSPS) is 46.2. The summed E-state index contributed by atoms with van der Waals surface area (Å²) < 4.78 is 10.9. The molecule has 2 spiro atoms. The van der Waals surface area contributed by atoms with Crippen LogP contribution in [0.25, 0.3) is 0 Å². The van der Waals surface area contributed by atoms with E-state index in [9.17, 15) is 24.3 Å². The quantitative estimate of drug-likeness (QED) is 0.330. The molecule has 7 nitrogen and oxygen atoms in total. The lowest BCUT2D eigenvalue weighted by Crippen LogP contribution is -2.67. The van der Waals surface area contributed by atoms with Gasteiger partial charge in [0.1, 0.15) is 11.7 Å². The van der Waals surface area contributed by atoms with Gasteiger partial charge in [-0.15, -0.1) is 0 Å². The van der Waals surface area contributed by atoms with Gasteiger partial charge in [0.05, 0.1) is 19.3 Å². The molecule has 0 aromatic rings. The van der Waals surface area contributed by atoms with Crippen LogP contribution in [-0.2, 0) is 28.7 Å². The van der Waals surface area contributed by atoms with Crippen LogP contribution in [0, 0.1) is 34.0 Å². The van der Waals surface area contributed by atoms with Crippen LogP contribution in [0.2, 0.25) is 0 Å². The van der Waals surface area contributed by atoms with E-state index in [1.54, 1.807) is 0 Å². The zero-order valence-corrected chi connectivity index (χ0v) is 16.9. The third-order valence-electron chi connectivity index (χ3n) is 8.16. The molecule has 4 aliphatic rings. The maximum atomic E-state index is 13.2. The third kappa shape index (κ3) is 2.52. The standard InChI is InChI=1S/C22H28O7/c1-12-14-7-15(25)17-21(11-29-19(27)22(17,8-14)18(12)26)6-4-5-20(3,16(21)9-23)10-28-13(2)24/h9,14-17,25H,1,4-8,10-11H2,2-3H3/t14-,15-,16?,17+,20-,21?,22+/m0/s1. The average Bonchev–Trinajstić information content (AvgIpc) is 2.86. The zero-order chi connectivity index (χ0) is 21.2. The van der Waals surface area contributed by atoms with Crippen molar-refractivity contribution in [2.24, 2.45) is 34.0 Å². The first-order chi connectivity index (χ1) is 13.6. The number of hydrogen-bond acceptors (Lipinski definition) is 7. The SMILES string of the molecule is C=C1C(=O)[C@@]23C[C@@H]1C[C@H](O)[C@@H]2C1(CCC[C@@](C)(COC(C)=O)C1C=O)COC3=O. The van der Waals surface area contributed by atoms with Crippen LogP contribution < -0.4 is 0 Å². The second kappa shape index (κ2) is 6.49. The number of Topliss-reactive ketones (excluding diaryl/α,β-unsaturated/α-hetero) is 1. The summed E-state index contributed by atoms with van der Waals surface area (Å²) in [5.74, 6) is -2.92. The molecule has 7 heteroatoms. The monoisotopic (exact) mass is 404 g/mol. The van der Waals surface area contributed by atoms with Gasteiger partial charge in [-0.2, -0.15) is 0 Å². The summed E-state index contributed by atoms with van der Waals surface area (Å²) in [6.07, 6.45) is 2.55. The van der Waals surface area contributed by atoms with Crippen LogP contribution in [0.1, 0.15) is 46.0 Å². The van der Waals surface area contributed by atoms with Gasteiger partial charge in [-0.05, 0) is 37.2 Å². The van der Waals surface area contributed by atoms with Crippen molar-refractivity contribution in [1.82, 2.24) is 0 Å². The molecule has 1 N–H and O–H groups in total. The van der Waals surface area contributed by atoms with Crippen LogP contribution >= 0.6 is 0 Å². The van der Waals surface area contributed by atoms with E-state index >= 15 is 0 Å². The molecule has 1 saturated heterocycles. The summed E-state index contributed by atoms with van der Waals surface area (Å²) in [6, 6.07) is 0. The molecular weight excluding hydrogens is 376 g/mol. The number of ether oxygens (including phenoxy) is 2. The number of carbonyl (C=O) groups is 4. The number of hydrogen-bond donors (Lipinski definition) is 1. The smallest absolute Gasteiger partial charge is 0.320 e. The van der Waals surface area contributed by atoms with E-state index in [2.05, 4.69) is 6.58 Å². The molecule has 0 radical (unpaired) electrons. The van der Waals surface area contributed by atoms with E-state index in [1.165, 1.54) is 6.92 Å². The van der Waals surface area contributed by atoms with E-state index in [1.807, 2.05) is 6.92 Å². The number of cyclic esters (lactones) is 1. The Balaban J connectivity index is 1.83. The Labute approximate surface area is 169 Å². The van der Waals surface area contributed by atoms with Crippen molar-refractivity contribution in [3.05, 3.63) is 12.2 Å². The highest BCUT2D eigenvalue weighted by atomic mass is 16.5. The molecule has 4 rings (SSSR count). The average molecular weight is 404 g/mol. The number of fused-ring (bicyclic) bond motifs is 2. The Bertz CT molecular complexity index is 803. The van der Waals surface area contributed by atoms with Crippen LogP contribution in [0.15, 0.2) is 12.2 Å². The molecular formula is C22H28O7.